The lowest BCUT2D eigenvalue weighted by Crippen LogP contribution is -2.14. The van der Waals surface area contributed by atoms with Crippen molar-refractivity contribution in [2.45, 2.75) is 51.4 Å². The van der Waals surface area contributed by atoms with E-state index >= 15 is 0 Å². The fourth-order valence-corrected chi connectivity index (χ4v) is 3.26. The van der Waals surface area contributed by atoms with Crippen molar-refractivity contribution in [2.24, 2.45) is 0 Å². The average molecular weight is 201 g/mol. The molecule has 0 heterocycles. The van der Waals surface area contributed by atoms with Crippen LogP contribution in [0.15, 0.2) is 6.07 Å². The monoisotopic (exact) mass is 201 g/mol. The third-order valence-electron chi connectivity index (χ3n) is 4.02. The van der Waals surface area contributed by atoms with Gasteiger partial charge < -0.3 is 5.73 Å². The topological polar surface area (TPSA) is 26.0 Å². The molecule has 0 fully saturated rings. The highest BCUT2D eigenvalue weighted by molar-refractivity contribution is 5.58. The van der Waals surface area contributed by atoms with Crippen molar-refractivity contribution in [3.05, 3.63) is 28.3 Å². The summed E-state index contributed by atoms with van der Waals surface area (Å²) < 4.78 is 0. The van der Waals surface area contributed by atoms with Crippen LogP contribution in [0.25, 0.3) is 0 Å². The molecule has 0 saturated carbocycles. The lowest BCUT2D eigenvalue weighted by molar-refractivity contribution is 0.642. The van der Waals surface area contributed by atoms with E-state index in [1.54, 1.807) is 16.7 Å². The van der Waals surface area contributed by atoms with Gasteiger partial charge in [-0.25, -0.2) is 0 Å². The molecule has 0 atom stereocenters. The van der Waals surface area contributed by atoms with Crippen LogP contribution in [0.4, 0.5) is 5.69 Å². The highest BCUT2D eigenvalue weighted by Crippen LogP contribution is 2.35. The minimum Gasteiger partial charge on any atom is -0.398 e. The van der Waals surface area contributed by atoms with Gasteiger partial charge in [0.15, 0.2) is 0 Å². The Labute approximate surface area is 91.7 Å². The lowest BCUT2D eigenvalue weighted by Gasteiger charge is -2.26. The average Bonchev–Trinajstić information content (AvgIpc) is 2.30. The number of fused-ring (bicyclic) bond motifs is 3. The zero-order valence-electron chi connectivity index (χ0n) is 9.31. The van der Waals surface area contributed by atoms with Crippen LogP contribution < -0.4 is 5.73 Å². The number of nitrogens with two attached hydrogens (primary N) is 1. The molecule has 0 bridgehead atoms. The van der Waals surface area contributed by atoms with Crippen LogP contribution in [0.5, 0.6) is 0 Å². The van der Waals surface area contributed by atoms with Crippen LogP contribution in [0, 0.1) is 0 Å². The van der Waals surface area contributed by atoms with Crippen molar-refractivity contribution in [3.8, 4) is 0 Å². The molecular weight excluding hydrogens is 182 g/mol. The molecule has 15 heavy (non-hydrogen) atoms. The minimum absolute atomic E-state index is 1.07. The fourth-order valence-electron chi connectivity index (χ4n) is 3.26. The van der Waals surface area contributed by atoms with Crippen LogP contribution in [0.3, 0.4) is 0 Å². The van der Waals surface area contributed by atoms with Gasteiger partial charge >= 0.3 is 0 Å². The summed E-state index contributed by atoms with van der Waals surface area (Å²) in [6, 6.07) is 2.26. The van der Waals surface area contributed by atoms with Crippen molar-refractivity contribution in [3.63, 3.8) is 0 Å². The molecule has 0 aliphatic heterocycles. The van der Waals surface area contributed by atoms with Crippen LogP contribution in [0.2, 0.25) is 0 Å². The highest BCUT2D eigenvalue weighted by atomic mass is 14.6. The third kappa shape index (κ3) is 1.45. The molecule has 0 aromatic heterocycles. The zero-order chi connectivity index (χ0) is 10.3. The zero-order valence-corrected chi connectivity index (χ0v) is 9.31. The van der Waals surface area contributed by atoms with Gasteiger partial charge in [0.25, 0.3) is 0 Å². The molecule has 0 saturated heterocycles. The van der Waals surface area contributed by atoms with E-state index in [9.17, 15) is 0 Å². The van der Waals surface area contributed by atoms with E-state index in [0.717, 1.165) is 5.69 Å². The Kier molecular flexibility index (Phi) is 2.19. The molecule has 1 aromatic carbocycles. The number of rotatable bonds is 0. The molecule has 80 valence electrons. The molecule has 1 nitrogen and oxygen atoms in total. The van der Waals surface area contributed by atoms with Gasteiger partial charge in [0.2, 0.25) is 0 Å². The molecule has 1 heteroatoms. The first-order chi connectivity index (χ1) is 7.36. The number of hydrogen-bond donors (Lipinski definition) is 1. The molecule has 0 unspecified atom stereocenters. The fraction of sp³-hybridized carbons (Fsp3) is 0.571. The van der Waals surface area contributed by atoms with Crippen molar-refractivity contribution in [1.29, 1.82) is 0 Å². The Balaban J connectivity index is 2.18. The summed E-state index contributed by atoms with van der Waals surface area (Å²) in [4.78, 5) is 0. The summed E-state index contributed by atoms with van der Waals surface area (Å²) in [6.07, 6.45) is 10.5. The van der Waals surface area contributed by atoms with E-state index in [0.29, 0.717) is 0 Å². The summed E-state index contributed by atoms with van der Waals surface area (Å²) in [5.41, 5.74) is 13.6. The van der Waals surface area contributed by atoms with Crippen molar-refractivity contribution in [1.82, 2.24) is 0 Å². The first-order valence-electron chi connectivity index (χ1n) is 6.28. The van der Waals surface area contributed by atoms with Gasteiger partial charge in [-0.2, -0.15) is 0 Å². The maximum Gasteiger partial charge on any atom is 0.0352 e. The van der Waals surface area contributed by atoms with Crippen molar-refractivity contribution in [2.75, 3.05) is 5.73 Å². The number of aryl methyl sites for hydroxylation is 1. The Morgan fingerprint density at radius 3 is 2.13 bits per heavy atom. The first kappa shape index (κ1) is 9.26. The predicted molar refractivity (Wildman–Crippen MR) is 64.1 cm³/mol. The second kappa shape index (κ2) is 3.55. The standard InChI is InChI=1S/C14H19N/c15-14-9-10-5-1-2-6-11(10)12-7-3-4-8-13(12)14/h9H,1-8,15H2. The van der Waals surface area contributed by atoms with Crippen LogP contribution in [-0.2, 0) is 25.7 Å². The summed E-state index contributed by atoms with van der Waals surface area (Å²) >= 11 is 0. The van der Waals surface area contributed by atoms with Gasteiger partial charge in [0, 0.05) is 5.69 Å². The number of benzene rings is 1. The van der Waals surface area contributed by atoms with Gasteiger partial charge in [-0.05, 0) is 79.7 Å². The summed E-state index contributed by atoms with van der Waals surface area (Å²) in [7, 11) is 0. The Morgan fingerprint density at radius 2 is 1.33 bits per heavy atom. The van der Waals surface area contributed by atoms with Crippen LogP contribution in [-0.4, -0.2) is 0 Å². The minimum atomic E-state index is 1.07. The Morgan fingerprint density at radius 1 is 0.733 bits per heavy atom. The Bertz CT molecular complexity index is 393. The maximum atomic E-state index is 6.17. The molecule has 3 rings (SSSR count). The summed E-state index contributed by atoms with van der Waals surface area (Å²) in [5.74, 6) is 0. The van der Waals surface area contributed by atoms with Crippen LogP contribution >= 0.6 is 0 Å². The van der Waals surface area contributed by atoms with Gasteiger partial charge in [0.05, 0.1) is 0 Å². The normalized spacial score (nSPS) is 19.5. The number of nitrogen functional groups attached to an aromatic ring is 1. The quantitative estimate of drug-likeness (QED) is 0.641. The molecule has 2 N–H and O–H groups in total. The molecule has 2 aliphatic carbocycles. The van der Waals surface area contributed by atoms with E-state index in [-0.39, 0.29) is 0 Å². The second-order valence-electron chi connectivity index (χ2n) is 4.97. The molecule has 2 aliphatic rings. The van der Waals surface area contributed by atoms with E-state index in [2.05, 4.69) is 6.07 Å². The van der Waals surface area contributed by atoms with E-state index in [4.69, 9.17) is 5.73 Å². The maximum absolute atomic E-state index is 6.17. The van der Waals surface area contributed by atoms with E-state index in [1.165, 1.54) is 56.9 Å². The second-order valence-corrected chi connectivity index (χ2v) is 4.97. The first-order valence-corrected chi connectivity index (χ1v) is 6.28. The molecule has 0 radical (unpaired) electrons. The van der Waals surface area contributed by atoms with Crippen molar-refractivity contribution < 1.29 is 0 Å². The van der Waals surface area contributed by atoms with Gasteiger partial charge in [-0.3, -0.25) is 0 Å². The van der Waals surface area contributed by atoms with Gasteiger partial charge in [-0.15, -0.1) is 0 Å². The SMILES string of the molecule is Nc1cc2c(c3c1CCCC3)CCCC2. The van der Waals surface area contributed by atoms with Gasteiger partial charge in [-0.1, -0.05) is 0 Å². The summed E-state index contributed by atoms with van der Waals surface area (Å²) in [6.45, 7) is 0. The Hall–Kier alpha value is -0.980. The number of hydrogen-bond acceptors (Lipinski definition) is 1. The third-order valence-corrected chi connectivity index (χ3v) is 4.02. The molecule has 0 amide bonds. The highest BCUT2D eigenvalue weighted by Gasteiger charge is 2.20. The number of anilines is 1. The largest absolute Gasteiger partial charge is 0.398 e. The van der Waals surface area contributed by atoms with Gasteiger partial charge in [0.1, 0.15) is 0 Å². The smallest absolute Gasteiger partial charge is 0.0352 e. The molecule has 0 spiro atoms. The lowest BCUT2D eigenvalue weighted by atomic mass is 9.80. The molecular formula is C14H19N. The molecule has 1 aromatic rings. The predicted octanol–water partition coefficient (Wildman–Crippen LogP) is 3.03. The van der Waals surface area contributed by atoms with Crippen LogP contribution in [0.1, 0.15) is 47.9 Å². The van der Waals surface area contributed by atoms with Crippen molar-refractivity contribution >= 4 is 5.69 Å². The van der Waals surface area contributed by atoms with E-state index < -0.39 is 0 Å². The summed E-state index contributed by atoms with van der Waals surface area (Å²) in [5, 5.41) is 0. The van der Waals surface area contributed by atoms with E-state index in [1.807, 2.05) is 0 Å².